The maximum atomic E-state index is 2.33. The van der Waals surface area contributed by atoms with E-state index in [1.807, 2.05) is 0 Å². The van der Waals surface area contributed by atoms with E-state index in [0.717, 1.165) is 34.1 Å². The van der Waals surface area contributed by atoms with Crippen molar-refractivity contribution >= 4 is 34.1 Å². The Bertz CT molecular complexity index is 1280. The Morgan fingerprint density at radius 2 is 0.556 bits per heavy atom. The van der Waals surface area contributed by atoms with Crippen molar-refractivity contribution in [1.29, 1.82) is 0 Å². The van der Waals surface area contributed by atoms with Crippen molar-refractivity contribution in [3.63, 3.8) is 0 Å². The van der Waals surface area contributed by atoms with Gasteiger partial charge < -0.3 is 9.80 Å². The third-order valence-corrected chi connectivity index (χ3v) is 6.41. The number of anilines is 6. The third kappa shape index (κ3) is 5.04. The number of nitrogens with zero attached hydrogens (tertiary/aromatic N) is 2. The van der Waals surface area contributed by atoms with Crippen molar-refractivity contribution in [3.8, 4) is 0 Å². The SMILES string of the molecule is Cc1cccc(N(c2ccc(N(c3cccc(C)c3)c3cccc(C)c3)cc2)c2cccc(C)c2)c1. The summed E-state index contributed by atoms with van der Waals surface area (Å²) in [7, 11) is 0. The van der Waals surface area contributed by atoms with E-state index in [9.17, 15) is 0 Å². The third-order valence-electron chi connectivity index (χ3n) is 6.41. The Kier molecular flexibility index (Phi) is 6.60. The minimum Gasteiger partial charge on any atom is -0.310 e. The fourth-order valence-electron chi connectivity index (χ4n) is 4.71. The van der Waals surface area contributed by atoms with Crippen molar-refractivity contribution in [2.75, 3.05) is 9.80 Å². The van der Waals surface area contributed by atoms with Gasteiger partial charge in [0.1, 0.15) is 0 Å². The molecule has 0 aliphatic heterocycles. The Morgan fingerprint density at radius 1 is 0.306 bits per heavy atom. The van der Waals surface area contributed by atoms with E-state index in [1.165, 1.54) is 22.3 Å². The lowest BCUT2D eigenvalue weighted by molar-refractivity contribution is 1.24. The lowest BCUT2D eigenvalue weighted by Crippen LogP contribution is -2.12. The molecule has 0 amide bonds. The summed E-state index contributed by atoms with van der Waals surface area (Å²) in [4.78, 5) is 4.65. The molecule has 0 heterocycles. The molecule has 0 N–H and O–H groups in total. The molecule has 0 atom stereocenters. The fraction of sp³-hybridized carbons (Fsp3) is 0.118. The summed E-state index contributed by atoms with van der Waals surface area (Å²) in [5.41, 5.74) is 11.8. The molecular weight excluding hydrogens is 436 g/mol. The van der Waals surface area contributed by atoms with Gasteiger partial charge in [0.2, 0.25) is 0 Å². The number of hydrogen-bond donors (Lipinski definition) is 0. The molecule has 0 unspecified atom stereocenters. The smallest absolute Gasteiger partial charge is 0.0464 e. The van der Waals surface area contributed by atoms with Crippen LogP contribution >= 0.6 is 0 Å². The lowest BCUT2D eigenvalue weighted by Gasteiger charge is -2.29. The first-order valence-corrected chi connectivity index (χ1v) is 12.4. The van der Waals surface area contributed by atoms with E-state index >= 15 is 0 Å². The van der Waals surface area contributed by atoms with Crippen LogP contribution < -0.4 is 9.80 Å². The van der Waals surface area contributed by atoms with Crippen LogP contribution in [-0.4, -0.2) is 0 Å². The van der Waals surface area contributed by atoms with Crippen LogP contribution in [0.25, 0.3) is 0 Å². The summed E-state index contributed by atoms with van der Waals surface area (Å²) in [6.07, 6.45) is 0. The maximum Gasteiger partial charge on any atom is 0.0464 e. The maximum absolute atomic E-state index is 2.33. The van der Waals surface area contributed by atoms with Crippen LogP contribution in [0.15, 0.2) is 121 Å². The predicted octanol–water partition coefficient (Wildman–Crippen LogP) is 9.86. The Labute approximate surface area is 215 Å². The van der Waals surface area contributed by atoms with Crippen molar-refractivity contribution in [2.45, 2.75) is 27.7 Å². The number of rotatable bonds is 6. The average molecular weight is 469 g/mol. The first-order chi connectivity index (χ1) is 17.5. The zero-order valence-corrected chi connectivity index (χ0v) is 21.4. The molecule has 0 saturated heterocycles. The largest absolute Gasteiger partial charge is 0.310 e. The highest BCUT2D eigenvalue weighted by molar-refractivity contribution is 5.81. The summed E-state index contributed by atoms with van der Waals surface area (Å²) in [5.74, 6) is 0. The van der Waals surface area contributed by atoms with E-state index < -0.39 is 0 Å². The summed E-state index contributed by atoms with van der Waals surface area (Å²) < 4.78 is 0. The second kappa shape index (κ2) is 10.1. The average Bonchev–Trinajstić information content (AvgIpc) is 2.86. The van der Waals surface area contributed by atoms with Crippen LogP contribution in [0.4, 0.5) is 34.1 Å². The van der Waals surface area contributed by atoms with Crippen LogP contribution in [0.1, 0.15) is 22.3 Å². The molecular formula is C34H32N2. The molecule has 2 heteroatoms. The summed E-state index contributed by atoms with van der Waals surface area (Å²) in [5, 5.41) is 0. The predicted molar refractivity (Wildman–Crippen MR) is 155 cm³/mol. The Hall–Kier alpha value is -4.30. The summed E-state index contributed by atoms with van der Waals surface area (Å²) in [6, 6.07) is 43.6. The molecule has 0 saturated carbocycles. The van der Waals surface area contributed by atoms with Gasteiger partial charge in [0.15, 0.2) is 0 Å². The highest BCUT2D eigenvalue weighted by Gasteiger charge is 2.16. The Balaban J connectivity index is 1.61. The van der Waals surface area contributed by atoms with E-state index in [0.29, 0.717) is 0 Å². The summed E-state index contributed by atoms with van der Waals surface area (Å²) in [6.45, 7) is 8.57. The molecule has 0 spiro atoms. The molecule has 178 valence electrons. The number of aryl methyl sites for hydroxylation is 4. The molecule has 0 aliphatic carbocycles. The first kappa shape index (κ1) is 23.4. The highest BCUT2D eigenvalue weighted by atomic mass is 15.2. The molecule has 2 nitrogen and oxygen atoms in total. The van der Waals surface area contributed by atoms with E-state index in [-0.39, 0.29) is 0 Å². The Morgan fingerprint density at radius 3 is 0.778 bits per heavy atom. The molecule has 0 fully saturated rings. The van der Waals surface area contributed by atoms with Crippen molar-refractivity contribution in [1.82, 2.24) is 0 Å². The van der Waals surface area contributed by atoms with Gasteiger partial charge in [-0.3, -0.25) is 0 Å². The standard InChI is InChI=1S/C34H32N2/c1-25-9-5-13-31(21-25)35(32-14-6-10-26(2)22-32)29-17-19-30(20-18-29)36(33-15-7-11-27(3)23-33)34-16-8-12-28(4)24-34/h5-24H,1-4H3. The zero-order chi connectivity index (χ0) is 25.1. The van der Waals surface area contributed by atoms with E-state index in [1.54, 1.807) is 0 Å². The quantitative estimate of drug-likeness (QED) is 0.245. The van der Waals surface area contributed by atoms with Gasteiger partial charge in [-0.15, -0.1) is 0 Å². The molecule has 0 aliphatic rings. The van der Waals surface area contributed by atoms with Crippen molar-refractivity contribution < 1.29 is 0 Å². The van der Waals surface area contributed by atoms with Crippen LogP contribution in [0.5, 0.6) is 0 Å². The fourth-order valence-corrected chi connectivity index (χ4v) is 4.71. The van der Waals surface area contributed by atoms with Crippen LogP contribution in [0, 0.1) is 27.7 Å². The van der Waals surface area contributed by atoms with Crippen molar-refractivity contribution in [3.05, 3.63) is 144 Å². The summed E-state index contributed by atoms with van der Waals surface area (Å²) >= 11 is 0. The second-order valence-electron chi connectivity index (χ2n) is 9.54. The molecule has 5 rings (SSSR count). The van der Waals surface area contributed by atoms with E-state index in [2.05, 4.69) is 159 Å². The molecule has 36 heavy (non-hydrogen) atoms. The molecule has 5 aromatic carbocycles. The van der Waals surface area contributed by atoms with Gasteiger partial charge in [-0.05, 0) is 123 Å². The van der Waals surface area contributed by atoms with Gasteiger partial charge in [0.05, 0.1) is 0 Å². The van der Waals surface area contributed by atoms with Crippen LogP contribution in [0.3, 0.4) is 0 Å². The minimum absolute atomic E-state index is 1.13. The van der Waals surface area contributed by atoms with Gasteiger partial charge in [0.25, 0.3) is 0 Å². The molecule has 0 aromatic heterocycles. The zero-order valence-electron chi connectivity index (χ0n) is 21.4. The molecule has 0 bridgehead atoms. The number of hydrogen-bond acceptors (Lipinski definition) is 2. The molecule has 0 radical (unpaired) electrons. The molecule has 5 aromatic rings. The van der Waals surface area contributed by atoms with Gasteiger partial charge >= 0.3 is 0 Å². The van der Waals surface area contributed by atoms with Gasteiger partial charge in [-0.2, -0.15) is 0 Å². The second-order valence-corrected chi connectivity index (χ2v) is 9.54. The van der Waals surface area contributed by atoms with Gasteiger partial charge in [0, 0.05) is 34.1 Å². The van der Waals surface area contributed by atoms with Crippen molar-refractivity contribution in [2.24, 2.45) is 0 Å². The topological polar surface area (TPSA) is 6.48 Å². The normalized spacial score (nSPS) is 10.8. The van der Waals surface area contributed by atoms with Gasteiger partial charge in [-0.25, -0.2) is 0 Å². The highest BCUT2D eigenvalue weighted by Crippen LogP contribution is 2.39. The van der Waals surface area contributed by atoms with Crippen LogP contribution in [0.2, 0.25) is 0 Å². The lowest BCUT2D eigenvalue weighted by atomic mass is 10.1. The van der Waals surface area contributed by atoms with Gasteiger partial charge in [-0.1, -0.05) is 48.5 Å². The minimum atomic E-state index is 1.13. The number of benzene rings is 5. The monoisotopic (exact) mass is 468 g/mol. The first-order valence-electron chi connectivity index (χ1n) is 12.4. The van der Waals surface area contributed by atoms with E-state index in [4.69, 9.17) is 0 Å². The van der Waals surface area contributed by atoms with Crippen LogP contribution in [-0.2, 0) is 0 Å².